The Kier molecular flexibility index (Phi) is 5.16. The van der Waals surface area contributed by atoms with E-state index in [9.17, 15) is 5.11 Å². The fourth-order valence-electron chi connectivity index (χ4n) is 1.82. The van der Waals surface area contributed by atoms with Crippen LogP contribution < -0.4 is 5.32 Å². The fraction of sp³-hybridized carbons (Fsp3) is 0.200. The number of benzene rings is 2. The molecule has 94 valence electrons. The second-order valence-corrected chi connectivity index (χ2v) is 5.40. The van der Waals surface area contributed by atoms with E-state index in [0.29, 0.717) is 0 Å². The Morgan fingerprint density at radius 3 is 2.28 bits per heavy atom. The zero-order valence-electron chi connectivity index (χ0n) is 10.0. The van der Waals surface area contributed by atoms with Gasteiger partial charge >= 0.3 is 0 Å². The molecule has 2 nitrogen and oxygen atoms in total. The van der Waals surface area contributed by atoms with Gasteiger partial charge in [-0.3, -0.25) is 0 Å². The van der Waals surface area contributed by atoms with E-state index in [0.717, 1.165) is 12.1 Å². The third-order valence-electron chi connectivity index (χ3n) is 2.85. The molecular formula is C15H16INO. The van der Waals surface area contributed by atoms with Crippen molar-refractivity contribution in [3.05, 3.63) is 69.3 Å². The molecule has 1 unspecified atom stereocenters. The van der Waals surface area contributed by atoms with Crippen LogP contribution in [0.5, 0.6) is 0 Å². The van der Waals surface area contributed by atoms with Gasteiger partial charge in [-0.15, -0.1) is 0 Å². The Hall–Kier alpha value is -0.910. The smallest absolute Gasteiger partial charge is 0.0626 e. The molecule has 0 saturated heterocycles. The van der Waals surface area contributed by atoms with Crippen molar-refractivity contribution < 1.29 is 5.11 Å². The molecule has 0 aliphatic carbocycles. The van der Waals surface area contributed by atoms with Crippen LogP contribution in [0.15, 0.2) is 54.6 Å². The first-order valence-corrected chi connectivity index (χ1v) is 7.01. The lowest BCUT2D eigenvalue weighted by Crippen LogP contribution is -2.23. The van der Waals surface area contributed by atoms with E-state index < -0.39 is 0 Å². The molecule has 0 bridgehead atoms. The van der Waals surface area contributed by atoms with Crippen LogP contribution in [0.4, 0.5) is 0 Å². The Bertz CT molecular complexity index is 470. The summed E-state index contributed by atoms with van der Waals surface area (Å²) in [6.07, 6.45) is 0. The van der Waals surface area contributed by atoms with Crippen LogP contribution in [-0.2, 0) is 6.54 Å². The highest BCUT2D eigenvalue weighted by atomic mass is 127. The average molecular weight is 353 g/mol. The van der Waals surface area contributed by atoms with E-state index in [-0.39, 0.29) is 12.6 Å². The van der Waals surface area contributed by atoms with Gasteiger partial charge in [-0.25, -0.2) is 0 Å². The molecular weight excluding hydrogens is 337 g/mol. The van der Waals surface area contributed by atoms with Crippen LogP contribution in [0.2, 0.25) is 0 Å². The van der Waals surface area contributed by atoms with Gasteiger partial charge in [0.1, 0.15) is 0 Å². The minimum Gasteiger partial charge on any atom is -0.394 e. The molecule has 18 heavy (non-hydrogen) atoms. The molecule has 2 rings (SSSR count). The number of rotatable bonds is 5. The molecule has 0 fully saturated rings. The normalized spacial score (nSPS) is 12.3. The summed E-state index contributed by atoms with van der Waals surface area (Å²) in [4.78, 5) is 0. The number of nitrogens with one attached hydrogen (secondary N) is 1. The largest absolute Gasteiger partial charge is 0.394 e. The third kappa shape index (κ3) is 3.80. The van der Waals surface area contributed by atoms with Crippen molar-refractivity contribution >= 4 is 22.6 Å². The highest BCUT2D eigenvalue weighted by molar-refractivity contribution is 14.1. The lowest BCUT2D eigenvalue weighted by atomic mass is 10.1. The summed E-state index contributed by atoms with van der Waals surface area (Å²) in [6.45, 7) is 0.866. The van der Waals surface area contributed by atoms with Crippen molar-refractivity contribution in [1.29, 1.82) is 0 Å². The SMILES string of the molecule is OCC(NCc1ccc(I)cc1)c1ccccc1. The quantitative estimate of drug-likeness (QED) is 0.810. The van der Waals surface area contributed by atoms with E-state index in [1.165, 1.54) is 9.13 Å². The molecule has 0 heterocycles. The van der Waals surface area contributed by atoms with Crippen molar-refractivity contribution in [2.75, 3.05) is 6.61 Å². The molecule has 1 atom stereocenters. The molecule has 0 spiro atoms. The van der Waals surface area contributed by atoms with E-state index in [4.69, 9.17) is 0 Å². The lowest BCUT2D eigenvalue weighted by Gasteiger charge is -2.16. The summed E-state index contributed by atoms with van der Waals surface area (Å²) in [5, 5.41) is 12.8. The standard InChI is InChI=1S/C15H16INO/c16-14-8-6-12(7-9-14)10-17-15(11-18)13-4-2-1-3-5-13/h1-9,15,17-18H,10-11H2. The molecule has 0 radical (unpaired) electrons. The number of aliphatic hydroxyl groups is 1. The fourth-order valence-corrected chi connectivity index (χ4v) is 2.18. The lowest BCUT2D eigenvalue weighted by molar-refractivity contribution is 0.243. The maximum Gasteiger partial charge on any atom is 0.0626 e. The monoisotopic (exact) mass is 353 g/mol. The summed E-state index contributed by atoms with van der Waals surface area (Å²) >= 11 is 2.29. The summed E-state index contributed by atoms with van der Waals surface area (Å²) in [7, 11) is 0. The highest BCUT2D eigenvalue weighted by Crippen LogP contribution is 2.13. The number of hydrogen-bond acceptors (Lipinski definition) is 2. The van der Waals surface area contributed by atoms with Crippen LogP contribution >= 0.6 is 22.6 Å². The molecule has 2 aromatic carbocycles. The first-order valence-electron chi connectivity index (χ1n) is 5.93. The predicted octanol–water partition coefficient (Wildman–Crippen LogP) is 3.11. The summed E-state index contributed by atoms with van der Waals surface area (Å²) < 4.78 is 1.23. The summed E-state index contributed by atoms with van der Waals surface area (Å²) in [5.41, 5.74) is 2.34. The topological polar surface area (TPSA) is 32.3 Å². The predicted molar refractivity (Wildman–Crippen MR) is 82.3 cm³/mol. The van der Waals surface area contributed by atoms with Crippen molar-refractivity contribution in [2.24, 2.45) is 0 Å². The van der Waals surface area contributed by atoms with Crippen molar-refractivity contribution in [2.45, 2.75) is 12.6 Å². The van der Waals surface area contributed by atoms with E-state index in [2.05, 4.69) is 52.2 Å². The minimum absolute atomic E-state index is 0.00882. The van der Waals surface area contributed by atoms with Crippen LogP contribution in [0, 0.1) is 3.57 Å². The summed E-state index contributed by atoms with van der Waals surface area (Å²) in [6, 6.07) is 18.4. The van der Waals surface area contributed by atoms with E-state index >= 15 is 0 Å². The molecule has 2 aromatic rings. The first-order chi connectivity index (χ1) is 8.79. The third-order valence-corrected chi connectivity index (χ3v) is 3.57. The second kappa shape index (κ2) is 6.87. The van der Waals surface area contributed by atoms with Gasteiger partial charge in [0.15, 0.2) is 0 Å². The number of hydrogen-bond donors (Lipinski definition) is 2. The van der Waals surface area contributed by atoms with Crippen LogP contribution in [-0.4, -0.2) is 11.7 Å². The Labute approximate surface area is 121 Å². The van der Waals surface area contributed by atoms with Gasteiger partial charge in [0.25, 0.3) is 0 Å². The second-order valence-electron chi connectivity index (χ2n) is 4.15. The van der Waals surface area contributed by atoms with Gasteiger partial charge < -0.3 is 10.4 Å². The van der Waals surface area contributed by atoms with Gasteiger partial charge in [-0.2, -0.15) is 0 Å². The Morgan fingerprint density at radius 2 is 1.67 bits per heavy atom. The van der Waals surface area contributed by atoms with Gasteiger partial charge in [0, 0.05) is 10.1 Å². The molecule has 0 saturated carbocycles. The highest BCUT2D eigenvalue weighted by Gasteiger charge is 2.08. The minimum atomic E-state index is -0.00882. The maximum absolute atomic E-state index is 9.44. The van der Waals surface area contributed by atoms with E-state index in [1.807, 2.05) is 30.3 Å². The zero-order chi connectivity index (χ0) is 12.8. The van der Waals surface area contributed by atoms with Gasteiger partial charge in [0.05, 0.1) is 12.6 Å². The average Bonchev–Trinajstić information content (AvgIpc) is 2.43. The van der Waals surface area contributed by atoms with Crippen molar-refractivity contribution in [1.82, 2.24) is 5.32 Å². The maximum atomic E-state index is 9.44. The van der Waals surface area contributed by atoms with Gasteiger partial charge in [-0.1, -0.05) is 42.5 Å². The summed E-state index contributed by atoms with van der Waals surface area (Å²) in [5.74, 6) is 0. The molecule has 0 aromatic heterocycles. The number of aliphatic hydroxyl groups excluding tert-OH is 1. The molecule has 0 aliphatic heterocycles. The Balaban J connectivity index is 1.97. The number of halogens is 1. The molecule has 2 N–H and O–H groups in total. The van der Waals surface area contributed by atoms with Crippen molar-refractivity contribution in [3.8, 4) is 0 Å². The molecule has 0 amide bonds. The molecule has 3 heteroatoms. The van der Waals surface area contributed by atoms with Crippen LogP contribution in [0.1, 0.15) is 17.2 Å². The zero-order valence-corrected chi connectivity index (χ0v) is 12.2. The van der Waals surface area contributed by atoms with Crippen LogP contribution in [0.25, 0.3) is 0 Å². The van der Waals surface area contributed by atoms with Crippen molar-refractivity contribution in [3.63, 3.8) is 0 Å². The van der Waals surface area contributed by atoms with Gasteiger partial charge in [0.2, 0.25) is 0 Å². The first kappa shape index (κ1) is 13.5. The van der Waals surface area contributed by atoms with Gasteiger partial charge in [-0.05, 0) is 45.9 Å². The molecule has 0 aliphatic rings. The van der Waals surface area contributed by atoms with Crippen LogP contribution in [0.3, 0.4) is 0 Å². The van der Waals surface area contributed by atoms with E-state index in [1.54, 1.807) is 0 Å². The Morgan fingerprint density at radius 1 is 1.00 bits per heavy atom.